The summed E-state index contributed by atoms with van der Waals surface area (Å²) in [6.45, 7) is 1.79. The summed E-state index contributed by atoms with van der Waals surface area (Å²) >= 11 is 0. The Labute approximate surface area is 157 Å². The van der Waals surface area contributed by atoms with Gasteiger partial charge in [0.05, 0.1) is 20.5 Å². The first-order valence-electron chi connectivity index (χ1n) is 8.19. The summed E-state index contributed by atoms with van der Waals surface area (Å²) in [5.74, 6) is -0.164. The highest BCUT2D eigenvalue weighted by Gasteiger charge is 2.16. The zero-order chi connectivity index (χ0) is 19.8. The lowest BCUT2D eigenvalue weighted by molar-refractivity contribution is -0.130. The Morgan fingerprint density at radius 2 is 1.93 bits per heavy atom. The summed E-state index contributed by atoms with van der Waals surface area (Å²) < 4.78 is 16.1. The van der Waals surface area contributed by atoms with E-state index in [1.54, 1.807) is 49.4 Å². The summed E-state index contributed by atoms with van der Waals surface area (Å²) in [5, 5.41) is 12.4. The predicted molar refractivity (Wildman–Crippen MR) is 101 cm³/mol. The number of carboxylic acid groups (broad SMARTS) is 1. The number of carboxylic acids is 1. The minimum atomic E-state index is -1.10. The van der Waals surface area contributed by atoms with E-state index < -0.39 is 12.0 Å². The second kappa shape index (κ2) is 9.38. The van der Waals surface area contributed by atoms with Crippen LogP contribution in [0.2, 0.25) is 0 Å². The topological polar surface area (TPSA) is 94.4 Å². The third-order valence-corrected chi connectivity index (χ3v) is 3.99. The molecule has 2 aromatic rings. The first kappa shape index (κ1) is 20.0. The summed E-state index contributed by atoms with van der Waals surface area (Å²) in [6.07, 6.45) is 1.18. The molecule has 0 saturated carbocycles. The van der Waals surface area contributed by atoms with Crippen LogP contribution in [0.15, 0.2) is 53.9 Å². The van der Waals surface area contributed by atoms with Crippen LogP contribution in [0, 0.1) is 4.91 Å². The molecule has 7 nitrogen and oxygen atoms in total. The van der Waals surface area contributed by atoms with Gasteiger partial charge in [-0.2, -0.15) is 4.91 Å². The number of methoxy groups -OCH3 is 2. The first-order valence-corrected chi connectivity index (χ1v) is 8.19. The molecule has 1 unspecified atom stereocenters. The monoisotopic (exact) mass is 371 g/mol. The Hall–Kier alpha value is -3.35. The van der Waals surface area contributed by atoms with Crippen LogP contribution in [0.5, 0.6) is 11.5 Å². The van der Waals surface area contributed by atoms with Gasteiger partial charge in [-0.3, -0.25) is 0 Å². The summed E-state index contributed by atoms with van der Waals surface area (Å²) in [4.78, 5) is 22.3. The van der Waals surface area contributed by atoms with E-state index in [1.807, 2.05) is 0 Å². The Bertz CT molecular complexity index is 846. The molecule has 1 N–H and O–H groups in total. The summed E-state index contributed by atoms with van der Waals surface area (Å²) in [7, 11) is 2.90. The van der Waals surface area contributed by atoms with E-state index in [9.17, 15) is 14.8 Å². The van der Waals surface area contributed by atoms with E-state index >= 15 is 0 Å². The highest BCUT2D eigenvalue weighted by molar-refractivity contribution is 6.15. The second-order valence-electron chi connectivity index (χ2n) is 5.71. The van der Waals surface area contributed by atoms with Gasteiger partial charge in [0.25, 0.3) is 0 Å². The van der Waals surface area contributed by atoms with Gasteiger partial charge in [0.15, 0.2) is 11.5 Å². The van der Waals surface area contributed by atoms with Crippen molar-refractivity contribution in [3.8, 4) is 11.5 Å². The quantitative estimate of drug-likeness (QED) is 0.404. The zero-order valence-corrected chi connectivity index (χ0v) is 15.3. The lowest BCUT2D eigenvalue weighted by atomic mass is 10.0. The Morgan fingerprint density at radius 1 is 1.19 bits per heavy atom. The number of hydrogen-bond donors (Lipinski definition) is 1. The number of ether oxygens (including phenoxy) is 3. The van der Waals surface area contributed by atoms with Gasteiger partial charge in [-0.05, 0) is 35.7 Å². The van der Waals surface area contributed by atoms with E-state index in [-0.39, 0.29) is 12.2 Å². The van der Waals surface area contributed by atoms with E-state index in [0.717, 1.165) is 0 Å². The average Bonchev–Trinajstić information content (AvgIpc) is 2.69. The van der Waals surface area contributed by atoms with Crippen molar-refractivity contribution in [3.05, 3.63) is 70.3 Å². The molecule has 2 rings (SSSR count). The molecule has 0 aliphatic rings. The number of benzene rings is 2. The maximum atomic E-state index is 11.5. The number of nitroso groups, excluding NO2 is 1. The lowest BCUT2D eigenvalue weighted by Gasteiger charge is -2.15. The fraction of sp³-hybridized carbons (Fsp3) is 0.250. The SMILES string of the molecule is COC=C(C(=O)O)c1ccccc1COc1cc(C(C)N=O)ccc1OC. The van der Waals surface area contributed by atoms with Gasteiger partial charge in [0, 0.05) is 0 Å². The highest BCUT2D eigenvalue weighted by Crippen LogP contribution is 2.32. The van der Waals surface area contributed by atoms with Crippen molar-refractivity contribution in [3.63, 3.8) is 0 Å². The maximum Gasteiger partial charge on any atom is 0.339 e. The molecule has 0 amide bonds. The van der Waals surface area contributed by atoms with E-state index in [2.05, 4.69) is 5.18 Å². The summed E-state index contributed by atoms with van der Waals surface area (Å²) in [5.41, 5.74) is 1.87. The molecule has 0 saturated heterocycles. The minimum Gasteiger partial charge on any atom is -0.503 e. The molecule has 1 atom stereocenters. The van der Waals surface area contributed by atoms with E-state index in [0.29, 0.717) is 28.2 Å². The van der Waals surface area contributed by atoms with Gasteiger partial charge in [0.2, 0.25) is 0 Å². The molecule has 0 radical (unpaired) electrons. The van der Waals surface area contributed by atoms with Crippen LogP contribution < -0.4 is 9.47 Å². The molecule has 0 aliphatic carbocycles. The molecule has 0 bridgehead atoms. The Morgan fingerprint density at radius 3 is 2.56 bits per heavy atom. The fourth-order valence-corrected chi connectivity index (χ4v) is 2.54. The first-order chi connectivity index (χ1) is 13.0. The number of hydrogen-bond acceptors (Lipinski definition) is 6. The molecule has 27 heavy (non-hydrogen) atoms. The molecule has 0 heterocycles. The van der Waals surface area contributed by atoms with Crippen molar-refractivity contribution in [1.29, 1.82) is 0 Å². The van der Waals surface area contributed by atoms with Gasteiger partial charge < -0.3 is 19.3 Å². The van der Waals surface area contributed by atoms with Gasteiger partial charge in [-0.15, -0.1) is 0 Å². The minimum absolute atomic E-state index is 0.0243. The predicted octanol–water partition coefficient (Wildman–Crippen LogP) is 4.17. The van der Waals surface area contributed by atoms with Gasteiger partial charge >= 0.3 is 5.97 Å². The Kier molecular flexibility index (Phi) is 6.93. The van der Waals surface area contributed by atoms with Gasteiger partial charge in [-0.1, -0.05) is 35.5 Å². The molecule has 0 aliphatic heterocycles. The van der Waals surface area contributed by atoms with Crippen LogP contribution in [0.25, 0.3) is 5.57 Å². The third-order valence-electron chi connectivity index (χ3n) is 3.99. The number of rotatable bonds is 9. The number of aliphatic carboxylic acids is 1. The van der Waals surface area contributed by atoms with E-state index in [4.69, 9.17) is 14.2 Å². The highest BCUT2D eigenvalue weighted by atomic mass is 16.5. The third kappa shape index (κ3) is 4.84. The van der Waals surface area contributed by atoms with Crippen molar-refractivity contribution in [2.75, 3.05) is 14.2 Å². The molecule has 0 spiro atoms. The van der Waals surface area contributed by atoms with Crippen LogP contribution in [0.3, 0.4) is 0 Å². The van der Waals surface area contributed by atoms with Crippen LogP contribution in [-0.4, -0.2) is 25.3 Å². The molecule has 0 fully saturated rings. The zero-order valence-electron chi connectivity index (χ0n) is 15.3. The smallest absolute Gasteiger partial charge is 0.339 e. The Balaban J connectivity index is 2.33. The van der Waals surface area contributed by atoms with Crippen LogP contribution >= 0.6 is 0 Å². The van der Waals surface area contributed by atoms with E-state index in [1.165, 1.54) is 20.5 Å². The van der Waals surface area contributed by atoms with Crippen molar-refractivity contribution in [1.82, 2.24) is 0 Å². The van der Waals surface area contributed by atoms with Crippen molar-refractivity contribution >= 4 is 11.5 Å². The van der Waals surface area contributed by atoms with Crippen LogP contribution in [0.1, 0.15) is 29.7 Å². The molecular weight excluding hydrogens is 350 g/mol. The standard InChI is InChI=1S/C20H21NO6/c1-13(21-24)14-8-9-18(26-3)19(10-14)27-11-15-6-4-5-7-16(15)17(12-25-2)20(22)23/h4-10,12-13H,11H2,1-3H3,(H,22,23). The average molecular weight is 371 g/mol. The summed E-state index contributed by atoms with van der Waals surface area (Å²) in [6, 6.07) is 11.6. The maximum absolute atomic E-state index is 11.5. The van der Waals surface area contributed by atoms with Crippen LogP contribution in [-0.2, 0) is 16.1 Å². The van der Waals surface area contributed by atoms with Gasteiger partial charge in [-0.25, -0.2) is 4.79 Å². The molecule has 2 aromatic carbocycles. The van der Waals surface area contributed by atoms with Gasteiger partial charge in [0.1, 0.15) is 18.2 Å². The van der Waals surface area contributed by atoms with Crippen LogP contribution in [0.4, 0.5) is 0 Å². The van der Waals surface area contributed by atoms with Crippen molar-refractivity contribution < 1.29 is 24.1 Å². The molecule has 0 aromatic heterocycles. The normalized spacial score (nSPS) is 12.2. The molecule has 7 heteroatoms. The fourth-order valence-electron chi connectivity index (χ4n) is 2.54. The number of nitrogens with zero attached hydrogens (tertiary/aromatic N) is 1. The largest absolute Gasteiger partial charge is 0.503 e. The van der Waals surface area contributed by atoms with Crippen molar-refractivity contribution in [2.45, 2.75) is 19.6 Å². The number of carbonyl (C=O) groups is 1. The van der Waals surface area contributed by atoms with Crippen molar-refractivity contribution in [2.24, 2.45) is 5.18 Å². The molecular formula is C20H21NO6. The second-order valence-corrected chi connectivity index (χ2v) is 5.71. The molecule has 142 valence electrons. The lowest BCUT2D eigenvalue weighted by Crippen LogP contribution is -2.06.